The van der Waals surface area contributed by atoms with Crippen molar-refractivity contribution < 1.29 is 4.74 Å². The van der Waals surface area contributed by atoms with E-state index in [0.29, 0.717) is 11.0 Å². The second kappa shape index (κ2) is 5.61. The SMILES string of the molecule is CC(C)(C)CC[C@@H]1CC[C@]2(COC(C)(C)C)CCCN12. The number of rotatable bonds is 4. The maximum Gasteiger partial charge on any atom is 0.0657 e. The van der Waals surface area contributed by atoms with Gasteiger partial charge in [-0.15, -0.1) is 0 Å². The third-order valence-corrected chi connectivity index (χ3v) is 5.04. The smallest absolute Gasteiger partial charge is 0.0657 e. The summed E-state index contributed by atoms with van der Waals surface area (Å²) in [5, 5.41) is 0. The van der Waals surface area contributed by atoms with Crippen LogP contribution in [0.3, 0.4) is 0 Å². The molecule has 0 aromatic heterocycles. The van der Waals surface area contributed by atoms with Crippen molar-refractivity contribution in [3.05, 3.63) is 0 Å². The quantitative estimate of drug-likeness (QED) is 0.745. The molecular weight excluding hydrogens is 246 g/mol. The average Bonchev–Trinajstić information content (AvgIpc) is 2.80. The number of nitrogens with zero attached hydrogens (tertiary/aromatic N) is 1. The topological polar surface area (TPSA) is 12.5 Å². The molecule has 2 rings (SSSR count). The fraction of sp³-hybridized carbons (Fsp3) is 1.00. The Labute approximate surface area is 126 Å². The van der Waals surface area contributed by atoms with Gasteiger partial charge in [-0.25, -0.2) is 0 Å². The second-order valence-electron chi connectivity index (χ2n) is 9.21. The molecule has 0 aromatic carbocycles. The summed E-state index contributed by atoms with van der Waals surface area (Å²) in [4.78, 5) is 2.81. The van der Waals surface area contributed by atoms with Crippen LogP contribution in [0.4, 0.5) is 0 Å². The molecule has 2 fully saturated rings. The van der Waals surface area contributed by atoms with Gasteiger partial charge in [-0.2, -0.15) is 0 Å². The van der Waals surface area contributed by atoms with Crippen molar-refractivity contribution >= 4 is 0 Å². The van der Waals surface area contributed by atoms with E-state index in [1.54, 1.807) is 0 Å². The van der Waals surface area contributed by atoms with Gasteiger partial charge < -0.3 is 4.74 Å². The van der Waals surface area contributed by atoms with Crippen LogP contribution in [0, 0.1) is 5.41 Å². The van der Waals surface area contributed by atoms with Gasteiger partial charge in [-0.1, -0.05) is 20.8 Å². The van der Waals surface area contributed by atoms with Crippen LogP contribution in [0.2, 0.25) is 0 Å². The zero-order valence-electron chi connectivity index (χ0n) is 14.6. The van der Waals surface area contributed by atoms with Crippen LogP contribution < -0.4 is 0 Å². The molecule has 2 atom stereocenters. The van der Waals surface area contributed by atoms with E-state index in [1.807, 2.05) is 0 Å². The van der Waals surface area contributed by atoms with Gasteiger partial charge in [-0.3, -0.25) is 4.90 Å². The third-order valence-electron chi connectivity index (χ3n) is 5.04. The molecule has 0 spiro atoms. The summed E-state index contributed by atoms with van der Waals surface area (Å²) in [6.07, 6.45) is 8.13. The zero-order chi connectivity index (χ0) is 15.0. The molecule has 0 unspecified atom stereocenters. The molecule has 2 heterocycles. The Bertz CT molecular complexity index is 325. The Morgan fingerprint density at radius 3 is 2.40 bits per heavy atom. The van der Waals surface area contributed by atoms with Gasteiger partial charge in [0, 0.05) is 11.6 Å². The lowest BCUT2D eigenvalue weighted by atomic mass is 9.88. The van der Waals surface area contributed by atoms with Gasteiger partial charge in [0.15, 0.2) is 0 Å². The van der Waals surface area contributed by atoms with Crippen molar-refractivity contribution in [3.63, 3.8) is 0 Å². The highest BCUT2D eigenvalue weighted by molar-refractivity contribution is 5.04. The van der Waals surface area contributed by atoms with Crippen LogP contribution in [0.1, 0.15) is 80.1 Å². The van der Waals surface area contributed by atoms with Crippen molar-refractivity contribution in [3.8, 4) is 0 Å². The molecule has 2 aliphatic heterocycles. The first kappa shape index (κ1) is 16.3. The monoisotopic (exact) mass is 281 g/mol. The van der Waals surface area contributed by atoms with Crippen LogP contribution >= 0.6 is 0 Å². The molecule has 0 saturated carbocycles. The molecule has 2 heteroatoms. The fourth-order valence-corrected chi connectivity index (χ4v) is 3.87. The van der Waals surface area contributed by atoms with Crippen molar-refractivity contribution in [2.45, 2.75) is 97.2 Å². The predicted molar refractivity (Wildman–Crippen MR) is 86.1 cm³/mol. The van der Waals surface area contributed by atoms with E-state index >= 15 is 0 Å². The lowest BCUT2D eigenvalue weighted by Gasteiger charge is -2.37. The maximum absolute atomic E-state index is 6.17. The minimum Gasteiger partial charge on any atom is -0.374 e. The molecule has 2 aliphatic rings. The molecule has 118 valence electrons. The van der Waals surface area contributed by atoms with E-state index in [-0.39, 0.29) is 5.60 Å². The van der Waals surface area contributed by atoms with Crippen LogP contribution in [0.5, 0.6) is 0 Å². The van der Waals surface area contributed by atoms with Gasteiger partial charge in [0.25, 0.3) is 0 Å². The summed E-state index contributed by atoms with van der Waals surface area (Å²) in [5.41, 5.74) is 0.829. The lowest BCUT2D eigenvalue weighted by molar-refractivity contribution is -0.0573. The number of ether oxygens (including phenoxy) is 1. The Morgan fingerprint density at radius 1 is 1.10 bits per heavy atom. The Balaban J connectivity index is 1.94. The van der Waals surface area contributed by atoms with Crippen molar-refractivity contribution in [2.24, 2.45) is 5.41 Å². The predicted octanol–water partition coefficient (Wildman–Crippen LogP) is 4.62. The first-order valence-corrected chi connectivity index (χ1v) is 8.52. The van der Waals surface area contributed by atoms with E-state index in [2.05, 4.69) is 46.4 Å². The number of hydrogen-bond donors (Lipinski definition) is 0. The van der Waals surface area contributed by atoms with E-state index in [9.17, 15) is 0 Å². The van der Waals surface area contributed by atoms with Gasteiger partial charge >= 0.3 is 0 Å². The van der Waals surface area contributed by atoms with Gasteiger partial charge in [0.2, 0.25) is 0 Å². The van der Waals surface area contributed by atoms with Crippen molar-refractivity contribution in [2.75, 3.05) is 13.2 Å². The fourth-order valence-electron chi connectivity index (χ4n) is 3.87. The van der Waals surface area contributed by atoms with Crippen LogP contribution in [-0.4, -0.2) is 35.2 Å². The van der Waals surface area contributed by atoms with E-state index in [0.717, 1.165) is 12.6 Å². The molecule has 2 nitrogen and oxygen atoms in total. The summed E-state index contributed by atoms with van der Waals surface area (Å²) >= 11 is 0. The average molecular weight is 281 g/mol. The minimum atomic E-state index is -0.00743. The first-order valence-electron chi connectivity index (χ1n) is 8.52. The standard InChI is InChI=1S/C18H35NO/c1-16(2,3)11-8-15-9-12-18(10-7-13-19(15)18)14-20-17(4,5)6/h15H,7-14H2,1-6H3/t15-,18+/m1/s1. The van der Waals surface area contributed by atoms with E-state index in [4.69, 9.17) is 4.74 Å². The van der Waals surface area contributed by atoms with Gasteiger partial charge in [0.1, 0.15) is 0 Å². The molecule has 20 heavy (non-hydrogen) atoms. The minimum absolute atomic E-state index is 0.00743. The van der Waals surface area contributed by atoms with E-state index in [1.165, 1.54) is 45.1 Å². The van der Waals surface area contributed by atoms with Gasteiger partial charge in [-0.05, 0) is 71.3 Å². The zero-order valence-corrected chi connectivity index (χ0v) is 14.6. The van der Waals surface area contributed by atoms with Crippen LogP contribution in [0.25, 0.3) is 0 Å². The highest BCUT2D eigenvalue weighted by Gasteiger charge is 2.49. The molecular formula is C18H35NO. The molecule has 0 N–H and O–H groups in total. The van der Waals surface area contributed by atoms with Crippen molar-refractivity contribution in [1.82, 2.24) is 4.90 Å². The summed E-state index contributed by atoms with van der Waals surface area (Å²) in [7, 11) is 0. The Morgan fingerprint density at radius 2 is 1.80 bits per heavy atom. The summed E-state index contributed by atoms with van der Waals surface area (Å²) in [5.74, 6) is 0. The Kier molecular flexibility index (Phi) is 4.57. The first-order chi connectivity index (χ1) is 9.11. The highest BCUT2D eigenvalue weighted by Crippen LogP contribution is 2.45. The summed E-state index contributed by atoms with van der Waals surface area (Å²) in [6, 6.07) is 0.806. The molecule has 0 bridgehead atoms. The normalized spacial score (nSPS) is 31.8. The summed E-state index contributed by atoms with van der Waals surface area (Å²) in [6.45, 7) is 15.8. The molecule has 0 radical (unpaired) electrons. The molecule has 0 aromatic rings. The maximum atomic E-state index is 6.17. The summed E-state index contributed by atoms with van der Waals surface area (Å²) < 4.78 is 6.17. The number of fused-ring (bicyclic) bond motifs is 1. The molecule has 0 aliphatic carbocycles. The largest absolute Gasteiger partial charge is 0.374 e. The number of hydrogen-bond acceptors (Lipinski definition) is 2. The van der Waals surface area contributed by atoms with Crippen LogP contribution in [-0.2, 0) is 4.74 Å². The van der Waals surface area contributed by atoms with Crippen molar-refractivity contribution in [1.29, 1.82) is 0 Å². The second-order valence-corrected chi connectivity index (χ2v) is 9.21. The van der Waals surface area contributed by atoms with Gasteiger partial charge in [0.05, 0.1) is 12.2 Å². The molecule has 2 saturated heterocycles. The lowest BCUT2D eigenvalue weighted by Crippen LogP contribution is -2.47. The van der Waals surface area contributed by atoms with E-state index < -0.39 is 0 Å². The Hall–Kier alpha value is -0.0800. The third kappa shape index (κ3) is 3.98. The van der Waals surface area contributed by atoms with Crippen LogP contribution in [0.15, 0.2) is 0 Å². The highest BCUT2D eigenvalue weighted by atomic mass is 16.5. The molecule has 0 amide bonds.